The lowest BCUT2D eigenvalue weighted by molar-refractivity contribution is 0.480. The molecular weight excluding hydrogens is 396 g/mol. The Kier molecular flexibility index (Phi) is 5.10. The van der Waals surface area contributed by atoms with Gasteiger partial charge in [-0.15, -0.1) is 0 Å². The van der Waals surface area contributed by atoms with Crippen molar-refractivity contribution in [3.63, 3.8) is 0 Å². The highest BCUT2D eigenvalue weighted by atomic mass is 16.3. The molecule has 0 fully saturated rings. The van der Waals surface area contributed by atoms with Gasteiger partial charge in [-0.3, -0.25) is 0 Å². The molecule has 0 saturated heterocycles. The van der Waals surface area contributed by atoms with Crippen LogP contribution in [0.4, 0.5) is 0 Å². The number of hydrogen-bond donors (Lipinski definition) is 2. The van der Waals surface area contributed by atoms with Crippen LogP contribution in [0.2, 0.25) is 0 Å². The predicted octanol–water partition coefficient (Wildman–Crippen LogP) is 6.54. The average Bonchev–Trinajstić information content (AvgIpc) is 2.83. The van der Waals surface area contributed by atoms with E-state index in [2.05, 4.69) is 9.97 Å². The molecule has 0 aliphatic heterocycles. The summed E-state index contributed by atoms with van der Waals surface area (Å²) in [6, 6.07) is 26.7. The smallest absolute Gasteiger partial charge is 0.141 e. The van der Waals surface area contributed by atoms with Gasteiger partial charge in [0.2, 0.25) is 0 Å². The van der Waals surface area contributed by atoms with E-state index in [0.29, 0.717) is 11.0 Å². The van der Waals surface area contributed by atoms with E-state index in [1.807, 2.05) is 97.1 Å². The molecule has 0 spiro atoms. The Morgan fingerprint density at radius 1 is 0.469 bits per heavy atom. The number of phenolic OH excluding ortho intramolecular Hbond substituents is 2. The van der Waals surface area contributed by atoms with Crippen molar-refractivity contribution in [2.45, 2.75) is 0 Å². The van der Waals surface area contributed by atoms with Gasteiger partial charge in [-0.2, -0.15) is 0 Å². The number of benzene rings is 3. The maximum Gasteiger partial charge on any atom is 0.141 e. The summed E-state index contributed by atoms with van der Waals surface area (Å²) in [5, 5.41) is 21.8. The minimum Gasteiger partial charge on any atom is -0.506 e. The Balaban J connectivity index is 1.32. The molecule has 3 aromatic carbocycles. The zero-order chi connectivity index (χ0) is 21.9. The first-order valence-electron chi connectivity index (χ1n) is 10.3. The lowest BCUT2D eigenvalue weighted by Crippen LogP contribution is -1.84. The van der Waals surface area contributed by atoms with Crippen LogP contribution >= 0.6 is 0 Å². The first-order chi connectivity index (χ1) is 15.7. The van der Waals surface area contributed by atoms with E-state index in [1.54, 1.807) is 12.1 Å². The molecule has 32 heavy (non-hydrogen) atoms. The number of aromatic hydroxyl groups is 2. The second-order valence-corrected chi connectivity index (χ2v) is 7.50. The lowest BCUT2D eigenvalue weighted by atomic mass is 10.1. The lowest BCUT2D eigenvalue weighted by Gasteiger charge is -2.02. The van der Waals surface area contributed by atoms with Gasteiger partial charge >= 0.3 is 0 Å². The van der Waals surface area contributed by atoms with Crippen molar-refractivity contribution in [3.05, 3.63) is 107 Å². The first kappa shape index (κ1) is 19.5. The second-order valence-electron chi connectivity index (χ2n) is 7.50. The molecule has 0 amide bonds. The summed E-state index contributed by atoms with van der Waals surface area (Å²) in [6.45, 7) is 0. The third kappa shape index (κ3) is 4.07. The van der Waals surface area contributed by atoms with Gasteiger partial charge in [0, 0.05) is 10.8 Å². The van der Waals surface area contributed by atoms with Crippen molar-refractivity contribution in [1.29, 1.82) is 0 Å². The van der Waals surface area contributed by atoms with Crippen LogP contribution in [0.25, 0.3) is 46.1 Å². The fourth-order valence-electron chi connectivity index (χ4n) is 3.56. The van der Waals surface area contributed by atoms with E-state index in [4.69, 9.17) is 0 Å². The molecule has 0 aliphatic carbocycles. The molecule has 0 bridgehead atoms. The maximum absolute atomic E-state index is 10.0. The van der Waals surface area contributed by atoms with Crippen LogP contribution in [0, 0.1) is 0 Å². The van der Waals surface area contributed by atoms with Crippen molar-refractivity contribution in [1.82, 2.24) is 9.97 Å². The van der Waals surface area contributed by atoms with Crippen LogP contribution in [0.5, 0.6) is 11.5 Å². The number of hydrogen-bond acceptors (Lipinski definition) is 4. The zero-order valence-corrected chi connectivity index (χ0v) is 17.2. The normalized spacial score (nSPS) is 11.8. The molecule has 0 atom stereocenters. The molecule has 2 aromatic heterocycles. The van der Waals surface area contributed by atoms with Crippen LogP contribution in [-0.2, 0) is 0 Å². The van der Waals surface area contributed by atoms with Crippen LogP contribution < -0.4 is 0 Å². The van der Waals surface area contributed by atoms with Gasteiger partial charge in [-0.25, -0.2) is 9.97 Å². The Morgan fingerprint density at radius 2 is 0.906 bits per heavy atom. The van der Waals surface area contributed by atoms with E-state index in [1.165, 1.54) is 0 Å². The molecule has 0 unspecified atom stereocenters. The highest BCUT2D eigenvalue weighted by molar-refractivity contribution is 5.86. The largest absolute Gasteiger partial charge is 0.506 e. The molecule has 4 nitrogen and oxygen atoms in total. The van der Waals surface area contributed by atoms with Crippen LogP contribution in [0.1, 0.15) is 22.5 Å². The summed E-state index contributed by atoms with van der Waals surface area (Å²) >= 11 is 0. The predicted molar refractivity (Wildman–Crippen MR) is 131 cm³/mol. The standard InChI is InChI=1S/C28H20N2O2/c31-25-5-1-3-21-13-17-23(29-27(21)25)15-11-19-7-9-20(10-8-19)12-16-24-18-14-22-4-2-6-26(32)28(22)30-24/h1-18,31-32H/b15-11+,16-12+. The van der Waals surface area contributed by atoms with Crippen molar-refractivity contribution >= 4 is 46.1 Å². The van der Waals surface area contributed by atoms with Crippen LogP contribution in [0.3, 0.4) is 0 Å². The third-order valence-electron chi connectivity index (χ3n) is 5.27. The Bertz CT molecular complexity index is 1370. The van der Waals surface area contributed by atoms with Crippen LogP contribution in [0.15, 0.2) is 84.9 Å². The summed E-state index contributed by atoms with van der Waals surface area (Å²) in [5.41, 5.74) is 4.88. The first-order valence-corrected chi connectivity index (χ1v) is 10.3. The molecule has 154 valence electrons. The summed E-state index contributed by atoms with van der Waals surface area (Å²) in [6.07, 6.45) is 7.86. The Morgan fingerprint density at radius 3 is 1.34 bits per heavy atom. The number of para-hydroxylation sites is 2. The summed E-state index contributed by atoms with van der Waals surface area (Å²) < 4.78 is 0. The maximum atomic E-state index is 10.0. The zero-order valence-electron chi connectivity index (χ0n) is 17.2. The van der Waals surface area contributed by atoms with Gasteiger partial charge in [0.05, 0.1) is 11.4 Å². The fraction of sp³-hybridized carbons (Fsp3) is 0. The number of nitrogens with zero attached hydrogens (tertiary/aromatic N) is 2. The number of phenols is 2. The molecule has 0 saturated carbocycles. The molecular formula is C28H20N2O2. The van der Waals surface area contributed by atoms with Crippen LogP contribution in [-0.4, -0.2) is 20.2 Å². The van der Waals surface area contributed by atoms with Crippen molar-refractivity contribution in [2.75, 3.05) is 0 Å². The minimum atomic E-state index is 0.185. The SMILES string of the molecule is Oc1cccc2ccc(/C=C/c3ccc(/C=C/c4ccc5cccc(O)c5n4)cc3)nc12. The van der Waals surface area contributed by atoms with Crippen molar-refractivity contribution < 1.29 is 10.2 Å². The summed E-state index contributed by atoms with van der Waals surface area (Å²) in [4.78, 5) is 9.05. The number of pyridine rings is 2. The van der Waals surface area contributed by atoms with Gasteiger partial charge in [-0.05, 0) is 47.5 Å². The van der Waals surface area contributed by atoms with Gasteiger partial charge in [-0.1, -0.05) is 72.8 Å². The van der Waals surface area contributed by atoms with E-state index < -0.39 is 0 Å². The number of rotatable bonds is 4. The second kappa shape index (κ2) is 8.36. The molecule has 5 rings (SSSR count). The van der Waals surface area contributed by atoms with Gasteiger partial charge in [0.1, 0.15) is 22.5 Å². The monoisotopic (exact) mass is 416 g/mol. The third-order valence-corrected chi connectivity index (χ3v) is 5.27. The average molecular weight is 416 g/mol. The fourth-order valence-corrected chi connectivity index (χ4v) is 3.56. The van der Waals surface area contributed by atoms with Gasteiger partial charge < -0.3 is 10.2 Å². The van der Waals surface area contributed by atoms with E-state index in [0.717, 1.165) is 33.3 Å². The Hall–Kier alpha value is -4.44. The van der Waals surface area contributed by atoms with E-state index in [9.17, 15) is 10.2 Å². The van der Waals surface area contributed by atoms with E-state index in [-0.39, 0.29) is 11.5 Å². The quantitative estimate of drug-likeness (QED) is 0.349. The van der Waals surface area contributed by atoms with Crippen molar-refractivity contribution in [2.24, 2.45) is 0 Å². The molecule has 0 radical (unpaired) electrons. The minimum absolute atomic E-state index is 0.185. The molecule has 4 heteroatoms. The molecule has 5 aromatic rings. The molecule has 2 heterocycles. The summed E-state index contributed by atoms with van der Waals surface area (Å²) in [5.74, 6) is 0.370. The van der Waals surface area contributed by atoms with Crippen molar-refractivity contribution in [3.8, 4) is 11.5 Å². The molecule has 2 N–H and O–H groups in total. The summed E-state index contributed by atoms with van der Waals surface area (Å²) in [7, 11) is 0. The molecule has 0 aliphatic rings. The highest BCUT2D eigenvalue weighted by Crippen LogP contribution is 2.24. The Labute approximate surface area is 185 Å². The number of fused-ring (bicyclic) bond motifs is 2. The van der Waals surface area contributed by atoms with Gasteiger partial charge in [0.15, 0.2) is 0 Å². The van der Waals surface area contributed by atoms with E-state index >= 15 is 0 Å². The number of aromatic nitrogens is 2. The highest BCUT2D eigenvalue weighted by Gasteiger charge is 2.02. The van der Waals surface area contributed by atoms with Gasteiger partial charge in [0.25, 0.3) is 0 Å². The topological polar surface area (TPSA) is 66.2 Å².